The van der Waals surface area contributed by atoms with Gasteiger partial charge in [0.25, 0.3) is 0 Å². The Bertz CT molecular complexity index is 223. The third-order valence-electron chi connectivity index (χ3n) is 2.13. The Hall–Kier alpha value is -0.380. The molecule has 2 nitrogen and oxygen atoms in total. The van der Waals surface area contributed by atoms with E-state index in [1.807, 2.05) is 7.05 Å². The van der Waals surface area contributed by atoms with Crippen molar-refractivity contribution < 1.29 is 4.74 Å². The van der Waals surface area contributed by atoms with Gasteiger partial charge >= 0.3 is 0 Å². The molecule has 1 aromatic rings. The minimum absolute atomic E-state index is 0.451. The first-order valence-corrected chi connectivity index (χ1v) is 6.04. The molecule has 0 aliphatic carbocycles. The molecule has 1 aromatic heterocycles. The first-order chi connectivity index (χ1) is 6.88. The predicted molar refractivity (Wildman–Crippen MR) is 61.8 cm³/mol. The lowest BCUT2D eigenvalue weighted by Gasteiger charge is -2.14. The van der Waals surface area contributed by atoms with Gasteiger partial charge in [-0.3, -0.25) is 0 Å². The van der Waals surface area contributed by atoms with Crippen LogP contribution in [-0.4, -0.2) is 20.3 Å². The number of nitrogens with one attached hydrogen (secondary N) is 1. The molecule has 0 saturated heterocycles. The minimum Gasteiger partial charge on any atom is -0.381 e. The van der Waals surface area contributed by atoms with E-state index in [2.05, 4.69) is 29.8 Å². The smallest absolute Gasteiger partial charge is 0.0484 e. The van der Waals surface area contributed by atoms with Gasteiger partial charge < -0.3 is 10.1 Å². The molecule has 80 valence electrons. The molecule has 1 heterocycles. The summed E-state index contributed by atoms with van der Waals surface area (Å²) >= 11 is 1.80. The van der Waals surface area contributed by atoms with Gasteiger partial charge in [-0.15, -0.1) is 11.3 Å². The first-order valence-electron chi connectivity index (χ1n) is 5.17. The van der Waals surface area contributed by atoms with Crippen molar-refractivity contribution in [3.05, 3.63) is 22.4 Å². The molecular formula is C11H19NOS. The molecule has 14 heavy (non-hydrogen) atoms. The van der Waals surface area contributed by atoms with E-state index in [-0.39, 0.29) is 0 Å². The largest absolute Gasteiger partial charge is 0.381 e. The van der Waals surface area contributed by atoms with Crippen molar-refractivity contribution in [2.45, 2.75) is 25.8 Å². The van der Waals surface area contributed by atoms with Crippen molar-refractivity contribution in [2.75, 3.05) is 20.3 Å². The van der Waals surface area contributed by atoms with Crippen LogP contribution in [0.1, 0.15) is 30.7 Å². The van der Waals surface area contributed by atoms with Crippen molar-refractivity contribution in [2.24, 2.45) is 0 Å². The monoisotopic (exact) mass is 213 g/mol. The van der Waals surface area contributed by atoms with E-state index in [1.165, 1.54) is 4.88 Å². The van der Waals surface area contributed by atoms with Gasteiger partial charge in [-0.1, -0.05) is 13.0 Å². The second-order valence-corrected chi connectivity index (χ2v) is 4.24. The van der Waals surface area contributed by atoms with Gasteiger partial charge in [-0.05, 0) is 31.3 Å². The Morgan fingerprint density at radius 1 is 1.50 bits per heavy atom. The molecule has 0 spiro atoms. The van der Waals surface area contributed by atoms with Gasteiger partial charge in [0.15, 0.2) is 0 Å². The second kappa shape index (κ2) is 6.98. The molecule has 0 aliphatic rings. The van der Waals surface area contributed by atoms with Crippen LogP contribution in [0.25, 0.3) is 0 Å². The molecule has 3 heteroatoms. The highest BCUT2D eigenvalue weighted by Gasteiger charge is 2.08. The third-order valence-corrected chi connectivity index (χ3v) is 3.12. The molecule has 1 N–H and O–H groups in total. The Morgan fingerprint density at radius 2 is 2.36 bits per heavy atom. The zero-order chi connectivity index (χ0) is 10.2. The summed E-state index contributed by atoms with van der Waals surface area (Å²) in [5, 5.41) is 5.43. The Kier molecular flexibility index (Phi) is 5.83. The van der Waals surface area contributed by atoms with Gasteiger partial charge in [0.1, 0.15) is 0 Å². The van der Waals surface area contributed by atoms with Crippen molar-refractivity contribution in [1.29, 1.82) is 0 Å². The van der Waals surface area contributed by atoms with Crippen molar-refractivity contribution in [3.8, 4) is 0 Å². The number of hydrogen-bond acceptors (Lipinski definition) is 3. The molecule has 1 atom stereocenters. The molecular weight excluding hydrogens is 194 g/mol. The van der Waals surface area contributed by atoms with Crippen LogP contribution < -0.4 is 5.32 Å². The Labute approximate surface area is 90.3 Å². The third kappa shape index (κ3) is 3.78. The fourth-order valence-corrected chi connectivity index (χ4v) is 2.24. The highest BCUT2D eigenvalue weighted by Crippen LogP contribution is 2.21. The van der Waals surface area contributed by atoms with Crippen LogP contribution in [0.2, 0.25) is 0 Å². The second-order valence-electron chi connectivity index (χ2n) is 3.26. The topological polar surface area (TPSA) is 21.3 Å². The fourth-order valence-electron chi connectivity index (χ4n) is 1.37. The number of hydrogen-bond donors (Lipinski definition) is 1. The Balaban J connectivity index is 2.26. The molecule has 0 fully saturated rings. The van der Waals surface area contributed by atoms with Gasteiger partial charge in [0, 0.05) is 24.1 Å². The fraction of sp³-hybridized carbons (Fsp3) is 0.636. The quantitative estimate of drug-likeness (QED) is 0.703. The molecule has 0 aliphatic heterocycles. The van der Waals surface area contributed by atoms with Crippen LogP contribution in [0.4, 0.5) is 0 Å². The van der Waals surface area contributed by atoms with Crippen LogP contribution >= 0.6 is 11.3 Å². The maximum atomic E-state index is 5.48. The van der Waals surface area contributed by atoms with E-state index in [1.54, 1.807) is 11.3 Å². The molecule has 0 radical (unpaired) electrons. The van der Waals surface area contributed by atoms with E-state index in [0.29, 0.717) is 6.04 Å². The van der Waals surface area contributed by atoms with E-state index in [9.17, 15) is 0 Å². The van der Waals surface area contributed by atoms with Gasteiger partial charge in [0.2, 0.25) is 0 Å². The van der Waals surface area contributed by atoms with Crippen molar-refractivity contribution in [3.63, 3.8) is 0 Å². The van der Waals surface area contributed by atoms with Crippen LogP contribution in [0, 0.1) is 0 Å². The summed E-state index contributed by atoms with van der Waals surface area (Å²) in [6, 6.07) is 4.72. The zero-order valence-corrected chi connectivity index (χ0v) is 9.77. The normalized spacial score (nSPS) is 13.0. The molecule has 0 bridgehead atoms. The van der Waals surface area contributed by atoms with Crippen LogP contribution in [-0.2, 0) is 4.74 Å². The lowest BCUT2D eigenvalue weighted by Crippen LogP contribution is -2.17. The minimum atomic E-state index is 0.451. The van der Waals surface area contributed by atoms with Crippen molar-refractivity contribution in [1.82, 2.24) is 5.32 Å². The lowest BCUT2D eigenvalue weighted by atomic mass is 10.2. The van der Waals surface area contributed by atoms with Gasteiger partial charge in [-0.25, -0.2) is 0 Å². The highest BCUT2D eigenvalue weighted by atomic mass is 32.1. The van der Waals surface area contributed by atoms with Gasteiger partial charge in [0.05, 0.1) is 0 Å². The summed E-state index contributed by atoms with van der Waals surface area (Å²) in [5.74, 6) is 0. The first kappa shape index (κ1) is 11.7. The van der Waals surface area contributed by atoms with Crippen LogP contribution in [0.15, 0.2) is 17.5 Å². The van der Waals surface area contributed by atoms with E-state index < -0.39 is 0 Å². The summed E-state index contributed by atoms with van der Waals surface area (Å²) in [4.78, 5) is 1.40. The summed E-state index contributed by atoms with van der Waals surface area (Å²) in [5.41, 5.74) is 0. The summed E-state index contributed by atoms with van der Waals surface area (Å²) in [7, 11) is 2.00. The molecule has 0 saturated carbocycles. The summed E-state index contributed by atoms with van der Waals surface area (Å²) in [6.45, 7) is 3.85. The number of rotatable bonds is 7. The average molecular weight is 213 g/mol. The summed E-state index contributed by atoms with van der Waals surface area (Å²) in [6.07, 6.45) is 2.15. The predicted octanol–water partition coefficient (Wildman–Crippen LogP) is 2.83. The van der Waals surface area contributed by atoms with E-state index >= 15 is 0 Å². The number of thiophene rings is 1. The average Bonchev–Trinajstić information content (AvgIpc) is 2.71. The van der Waals surface area contributed by atoms with Crippen molar-refractivity contribution >= 4 is 11.3 Å². The summed E-state index contributed by atoms with van der Waals surface area (Å²) < 4.78 is 5.48. The zero-order valence-electron chi connectivity index (χ0n) is 8.95. The molecule has 0 amide bonds. The maximum absolute atomic E-state index is 5.48. The lowest BCUT2D eigenvalue weighted by molar-refractivity contribution is 0.125. The van der Waals surface area contributed by atoms with Crippen LogP contribution in [0.3, 0.4) is 0 Å². The van der Waals surface area contributed by atoms with E-state index in [0.717, 1.165) is 26.1 Å². The number of ether oxygens (including phenoxy) is 1. The molecule has 0 aromatic carbocycles. The maximum Gasteiger partial charge on any atom is 0.0484 e. The van der Waals surface area contributed by atoms with Crippen LogP contribution in [0.5, 0.6) is 0 Å². The van der Waals surface area contributed by atoms with E-state index in [4.69, 9.17) is 4.74 Å². The highest BCUT2D eigenvalue weighted by molar-refractivity contribution is 7.10. The Morgan fingerprint density at radius 3 is 2.93 bits per heavy atom. The van der Waals surface area contributed by atoms with Gasteiger partial charge in [-0.2, -0.15) is 0 Å². The SMILES string of the molecule is CCCOCCC(NC)c1cccs1. The molecule has 1 unspecified atom stereocenters. The molecule has 1 rings (SSSR count). The standard InChI is InChI=1S/C11H19NOS/c1-3-7-13-8-6-10(12-2)11-5-4-9-14-11/h4-5,9-10,12H,3,6-8H2,1-2H3.